The number of carbonyl (C=O) groups excluding carboxylic acids is 1. The summed E-state index contributed by atoms with van der Waals surface area (Å²) >= 11 is 1.77. The van der Waals surface area contributed by atoms with E-state index in [0.717, 1.165) is 11.3 Å². The van der Waals surface area contributed by atoms with Gasteiger partial charge in [-0.2, -0.15) is 0 Å². The van der Waals surface area contributed by atoms with Crippen LogP contribution in [0.2, 0.25) is 0 Å². The van der Waals surface area contributed by atoms with Crippen molar-refractivity contribution in [2.45, 2.75) is 24.1 Å². The Morgan fingerprint density at radius 1 is 0.885 bits per heavy atom. The van der Waals surface area contributed by atoms with Crippen molar-refractivity contribution in [3.05, 3.63) is 101 Å². The van der Waals surface area contributed by atoms with E-state index in [4.69, 9.17) is 0 Å². The number of rotatable bonds is 6. The lowest BCUT2D eigenvalue weighted by Crippen LogP contribution is -2.22. The van der Waals surface area contributed by atoms with Crippen LogP contribution in [-0.2, 0) is 12.3 Å². The molecule has 4 heteroatoms. The molecule has 3 rings (SSSR count). The molecule has 1 amide bonds. The lowest BCUT2D eigenvalue weighted by atomic mass is 10.1. The van der Waals surface area contributed by atoms with Gasteiger partial charge in [-0.1, -0.05) is 42.0 Å². The van der Waals surface area contributed by atoms with E-state index in [2.05, 4.69) is 36.5 Å². The van der Waals surface area contributed by atoms with Crippen molar-refractivity contribution in [3.8, 4) is 0 Å². The summed E-state index contributed by atoms with van der Waals surface area (Å²) in [6.07, 6.45) is 0. The highest BCUT2D eigenvalue weighted by Crippen LogP contribution is 2.23. The summed E-state index contributed by atoms with van der Waals surface area (Å²) in [6.45, 7) is 2.46. The summed E-state index contributed by atoms with van der Waals surface area (Å²) in [5, 5.41) is 2.85. The number of nitrogens with one attached hydrogen (secondary N) is 1. The molecule has 132 valence electrons. The second-order valence-corrected chi connectivity index (χ2v) is 7.16. The molecular weight excluding hydrogens is 345 g/mol. The van der Waals surface area contributed by atoms with Gasteiger partial charge in [0.25, 0.3) is 5.91 Å². The number of hydrogen-bond acceptors (Lipinski definition) is 2. The first kappa shape index (κ1) is 18.2. The Hall–Kier alpha value is -2.59. The SMILES string of the molecule is Cc1ccc(SCc2ccc(C(=O)NCc3ccc(F)cc3)cc2)cc1. The van der Waals surface area contributed by atoms with Crippen LogP contribution in [-0.4, -0.2) is 5.91 Å². The summed E-state index contributed by atoms with van der Waals surface area (Å²) in [5.74, 6) is 0.451. The highest BCUT2D eigenvalue weighted by molar-refractivity contribution is 7.98. The molecule has 0 unspecified atom stereocenters. The van der Waals surface area contributed by atoms with Crippen molar-refractivity contribution in [2.24, 2.45) is 0 Å². The van der Waals surface area contributed by atoms with E-state index in [0.29, 0.717) is 12.1 Å². The van der Waals surface area contributed by atoms with E-state index in [1.165, 1.54) is 28.2 Å². The van der Waals surface area contributed by atoms with E-state index >= 15 is 0 Å². The van der Waals surface area contributed by atoms with Crippen molar-refractivity contribution >= 4 is 17.7 Å². The first-order chi connectivity index (χ1) is 12.6. The van der Waals surface area contributed by atoms with Gasteiger partial charge in [-0.15, -0.1) is 11.8 Å². The van der Waals surface area contributed by atoms with Gasteiger partial charge in [-0.05, 0) is 54.4 Å². The van der Waals surface area contributed by atoms with Crippen molar-refractivity contribution in [2.75, 3.05) is 0 Å². The van der Waals surface area contributed by atoms with Crippen LogP contribution >= 0.6 is 11.8 Å². The van der Waals surface area contributed by atoms with Crippen molar-refractivity contribution < 1.29 is 9.18 Å². The maximum Gasteiger partial charge on any atom is 0.251 e. The molecule has 0 aromatic heterocycles. The molecule has 2 nitrogen and oxygen atoms in total. The topological polar surface area (TPSA) is 29.1 Å². The smallest absolute Gasteiger partial charge is 0.251 e. The molecule has 26 heavy (non-hydrogen) atoms. The van der Waals surface area contributed by atoms with Gasteiger partial charge in [0.1, 0.15) is 5.82 Å². The zero-order valence-electron chi connectivity index (χ0n) is 14.5. The summed E-state index contributed by atoms with van der Waals surface area (Å²) in [7, 11) is 0. The molecule has 0 saturated heterocycles. The molecular formula is C22H20FNOS. The van der Waals surface area contributed by atoms with E-state index < -0.39 is 0 Å². The van der Waals surface area contributed by atoms with Crippen LogP contribution in [0.3, 0.4) is 0 Å². The Labute approximate surface area is 157 Å². The lowest BCUT2D eigenvalue weighted by Gasteiger charge is -2.07. The summed E-state index contributed by atoms with van der Waals surface area (Å²) in [6, 6.07) is 22.2. The third kappa shape index (κ3) is 5.20. The van der Waals surface area contributed by atoms with Crippen LogP contribution in [0.5, 0.6) is 0 Å². The number of carbonyl (C=O) groups is 1. The quantitative estimate of drug-likeness (QED) is 0.596. The van der Waals surface area contributed by atoms with Crippen molar-refractivity contribution in [1.29, 1.82) is 0 Å². The second kappa shape index (κ2) is 8.68. The molecule has 0 bridgehead atoms. The molecule has 0 aliphatic rings. The summed E-state index contributed by atoms with van der Waals surface area (Å²) < 4.78 is 12.9. The number of benzene rings is 3. The average molecular weight is 365 g/mol. The van der Waals surface area contributed by atoms with Crippen LogP contribution in [0.15, 0.2) is 77.7 Å². The van der Waals surface area contributed by atoms with Crippen molar-refractivity contribution in [3.63, 3.8) is 0 Å². The molecule has 3 aromatic rings. The average Bonchev–Trinajstić information content (AvgIpc) is 2.67. The predicted molar refractivity (Wildman–Crippen MR) is 105 cm³/mol. The van der Waals surface area contributed by atoms with E-state index in [1.54, 1.807) is 23.9 Å². The zero-order valence-corrected chi connectivity index (χ0v) is 15.4. The number of thioether (sulfide) groups is 1. The highest BCUT2D eigenvalue weighted by Gasteiger charge is 2.06. The monoisotopic (exact) mass is 365 g/mol. The van der Waals surface area contributed by atoms with Gasteiger partial charge in [0.15, 0.2) is 0 Å². The fourth-order valence-electron chi connectivity index (χ4n) is 2.44. The van der Waals surface area contributed by atoms with Gasteiger partial charge in [-0.3, -0.25) is 4.79 Å². The van der Waals surface area contributed by atoms with E-state index in [1.807, 2.05) is 24.3 Å². The van der Waals surface area contributed by atoms with Gasteiger partial charge in [0.2, 0.25) is 0 Å². The Bertz CT molecular complexity index is 858. The molecule has 0 heterocycles. The zero-order chi connectivity index (χ0) is 18.4. The van der Waals surface area contributed by atoms with Gasteiger partial charge in [0, 0.05) is 22.8 Å². The highest BCUT2D eigenvalue weighted by atomic mass is 32.2. The number of aryl methyl sites for hydroxylation is 1. The van der Waals surface area contributed by atoms with Crippen LogP contribution in [0.25, 0.3) is 0 Å². The minimum absolute atomic E-state index is 0.132. The van der Waals surface area contributed by atoms with Crippen LogP contribution in [0.4, 0.5) is 4.39 Å². The first-order valence-electron chi connectivity index (χ1n) is 8.41. The third-order valence-corrected chi connectivity index (χ3v) is 5.09. The standard InChI is InChI=1S/C22H20FNOS/c1-16-2-12-21(13-3-16)26-15-18-4-8-19(9-5-18)22(25)24-14-17-6-10-20(23)11-7-17/h2-13H,14-15H2,1H3,(H,24,25). The first-order valence-corrected chi connectivity index (χ1v) is 9.40. The van der Waals surface area contributed by atoms with Gasteiger partial charge in [-0.25, -0.2) is 4.39 Å². The summed E-state index contributed by atoms with van der Waals surface area (Å²) in [5.41, 5.74) is 3.91. The Kier molecular flexibility index (Phi) is 6.08. The minimum atomic E-state index is -0.279. The van der Waals surface area contributed by atoms with E-state index in [9.17, 15) is 9.18 Å². The number of amides is 1. The van der Waals surface area contributed by atoms with Crippen molar-refractivity contribution in [1.82, 2.24) is 5.32 Å². The molecule has 3 aromatic carbocycles. The number of halogens is 1. The van der Waals surface area contributed by atoms with Crippen LogP contribution in [0.1, 0.15) is 27.0 Å². The van der Waals surface area contributed by atoms with Gasteiger partial charge < -0.3 is 5.32 Å². The van der Waals surface area contributed by atoms with E-state index in [-0.39, 0.29) is 11.7 Å². The van der Waals surface area contributed by atoms with Crippen LogP contribution in [0, 0.1) is 12.7 Å². The van der Waals surface area contributed by atoms with Gasteiger partial charge in [0.05, 0.1) is 0 Å². The Balaban J connectivity index is 1.52. The molecule has 0 saturated carbocycles. The maximum absolute atomic E-state index is 12.9. The lowest BCUT2D eigenvalue weighted by molar-refractivity contribution is 0.0951. The molecule has 1 N–H and O–H groups in total. The Morgan fingerprint density at radius 2 is 1.50 bits per heavy atom. The fraction of sp³-hybridized carbons (Fsp3) is 0.136. The minimum Gasteiger partial charge on any atom is -0.348 e. The molecule has 0 fully saturated rings. The molecule has 0 atom stereocenters. The fourth-order valence-corrected chi connectivity index (χ4v) is 3.29. The van der Waals surface area contributed by atoms with Crippen LogP contribution < -0.4 is 5.32 Å². The third-order valence-electron chi connectivity index (χ3n) is 4.01. The molecule has 0 aliphatic heterocycles. The second-order valence-electron chi connectivity index (χ2n) is 6.11. The maximum atomic E-state index is 12.9. The largest absolute Gasteiger partial charge is 0.348 e. The molecule has 0 radical (unpaired) electrons. The predicted octanol–water partition coefficient (Wildman–Crippen LogP) is 5.36. The molecule has 0 aliphatic carbocycles. The van der Waals surface area contributed by atoms with Gasteiger partial charge >= 0.3 is 0 Å². The molecule has 0 spiro atoms. The summed E-state index contributed by atoms with van der Waals surface area (Å²) in [4.78, 5) is 13.5. The normalized spacial score (nSPS) is 10.5. The number of hydrogen-bond donors (Lipinski definition) is 1. The Morgan fingerprint density at radius 3 is 2.15 bits per heavy atom.